The summed E-state index contributed by atoms with van der Waals surface area (Å²) in [6, 6.07) is 7.46. The summed E-state index contributed by atoms with van der Waals surface area (Å²) < 4.78 is 5.37. The van der Waals surface area contributed by atoms with Gasteiger partial charge < -0.3 is 15.4 Å². The van der Waals surface area contributed by atoms with Crippen molar-refractivity contribution in [2.24, 2.45) is 5.92 Å². The second-order valence-corrected chi connectivity index (χ2v) is 5.89. The number of benzene rings is 1. The lowest BCUT2D eigenvalue weighted by atomic mass is 9.99. The van der Waals surface area contributed by atoms with E-state index < -0.39 is 11.8 Å². The molecule has 2 amide bonds. The average molecular weight is 334 g/mol. The molecule has 0 spiro atoms. The molecule has 5 heteroatoms. The molecule has 0 unspecified atom stereocenters. The van der Waals surface area contributed by atoms with Crippen LogP contribution in [0.4, 0.5) is 0 Å². The Hall–Kier alpha value is -2.04. The van der Waals surface area contributed by atoms with Crippen LogP contribution in [0.25, 0.3) is 0 Å². The molecular formula is C19H30N2O3. The quantitative estimate of drug-likeness (QED) is 0.646. The van der Waals surface area contributed by atoms with Gasteiger partial charge in [0.15, 0.2) is 0 Å². The van der Waals surface area contributed by atoms with E-state index in [9.17, 15) is 9.59 Å². The molecule has 1 rings (SSSR count). The van der Waals surface area contributed by atoms with Crippen molar-refractivity contribution in [2.75, 3.05) is 13.2 Å². The lowest BCUT2D eigenvalue weighted by Gasteiger charge is -2.15. The summed E-state index contributed by atoms with van der Waals surface area (Å²) in [5, 5.41) is 5.38. The molecule has 0 aliphatic heterocycles. The highest BCUT2D eigenvalue weighted by atomic mass is 16.5. The lowest BCUT2D eigenvalue weighted by molar-refractivity contribution is -0.139. The monoisotopic (exact) mass is 334 g/mol. The number of hydrogen-bond donors (Lipinski definition) is 2. The Bertz CT molecular complexity index is 500. The van der Waals surface area contributed by atoms with Gasteiger partial charge in [0.2, 0.25) is 0 Å². The van der Waals surface area contributed by atoms with Crippen LogP contribution in [0.1, 0.15) is 52.0 Å². The Morgan fingerprint density at radius 3 is 2.29 bits per heavy atom. The van der Waals surface area contributed by atoms with Gasteiger partial charge in [0, 0.05) is 13.1 Å². The molecule has 0 aliphatic carbocycles. The molecule has 0 fully saturated rings. The van der Waals surface area contributed by atoms with Gasteiger partial charge in [0.1, 0.15) is 5.75 Å². The zero-order valence-electron chi connectivity index (χ0n) is 15.1. The first-order chi connectivity index (χ1) is 11.6. The SMILES string of the molecule is CCCC[C@H](CC)CNC(=O)C(=O)NCc1ccc(OCC)cc1. The second-order valence-electron chi connectivity index (χ2n) is 5.89. The Balaban J connectivity index is 2.34. The van der Waals surface area contributed by atoms with Crippen molar-refractivity contribution in [2.45, 2.75) is 53.0 Å². The highest BCUT2D eigenvalue weighted by Crippen LogP contribution is 2.12. The van der Waals surface area contributed by atoms with E-state index >= 15 is 0 Å². The van der Waals surface area contributed by atoms with E-state index in [0.29, 0.717) is 25.6 Å². The number of unbranched alkanes of at least 4 members (excludes halogenated alkanes) is 1. The Morgan fingerprint density at radius 2 is 1.71 bits per heavy atom. The number of carbonyl (C=O) groups is 2. The third kappa shape index (κ3) is 7.49. The maximum absolute atomic E-state index is 11.9. The standard InChI is InChI=1S/C19H30N2O3/c1-4-7-8-15(5-2)13-20-18(22)19(23)21-14-16-9-11-17(12-10-16)24-6-3/h9-12,15H,4-8,13-14H2,1-3H3,(H,20,22)(H,21,23)/t15-/m0/s1. The molecule has 1 aromatic carbocycles. The van der Waals surface area contributed by atoms with Gasteiger partial charge in [-0.05, 0) is 37.0 Å². The van der Waals surface area contributed by atoms with Gasteiger partial charge in [-0.15, -0.1) is 0 Å². The third-order valence-electron chi connectivity index (χ3n) is 3.99. The molecule has 24 heavy (non-hydrogen) atoms. The van der Waals surface area contributed by atoms with E-state index in [1.54, 1.807) is 0 Å². The predicted octanol–water partition coefficient (Wildman–Crippen LogP) is 3.03. The largest absolute Gasteiger partial charge is 0.494 e. The summed E-state index contributed by atoms with van der Waals surface area (Å²) in [5.41, 5.74) is 0.925. The van der Waals surface area contributed by atoms with Crippen LogP contribution in [-0.4, -0.2) is 25.0 Å². The first-order valence-electron chi connectivity index (χ1n) is 8.88. The summed E-state index contributed by atoms with van der Waals surface area (Å²) in [6.07, 6.45) is 4.39. The molecule has 1 aromatic rings. The smallest absolute Gasteiger partial charge is 0.309 e. The van der Waals surface area contributed by atoms with Crippen LogP contribution >= 0.6 is 0 Å². The lowest BCUT2D eigenvalue weighted by Crippen LogP contribution is -2.41. The molecule has 0 radical (unpaired) electrons. The predicted molar refractivity (Wildman–Crippen MR) is 95.8 cm³/mol. The molecule has 1 atom stereocenters. The highest BCUT2D eigenvalue weighted by molar-refractivity contribution is 6.35. The molecule has 0 aliphatic rings. The molecule has 0 bridgehead atoms. The molecule has 2 N–H and O–H groups in total. The zero-order chi connectivity index (χ0) is 17.8. The molecule has 0 aromatic heterocycles. The fraction of sp³-hybridized carbons (Fsp3) is 0.579. The summed E-state index contributed by atoms with van der Waals surface area (Å²) in [6.45, 7) is 7.70. The number of ether oxygens (including phenoxy) is 1. The highest BCUT2D eigenvalue weighted by Gasteiger charge is 2.14. The summed E-state index contributed by atoms with van der Waals surface area (Å²) >= 11 is 0. The van der Waals surface area contributed by atoms with Crippen molar-refractivity contribution in [3.63, 3.8) is 0 Å². The van der Waals surface area contributed by atoms with E-state index in [4.69, 9.17) is 4.74 Å². The van der Waals surface area contributed by atoms with Gasteiger partial charge >= 0.3 is 11.8 Å². The van der Waals surface area contributed by atoms with Crippen molar-refractivity contribution in [1.82, 2.24) is 10.6 Å². The fourth-order valence-corrected chi connectivity index (χ4v) is 2.39. The van der Waals surface area contributed by atoms with Gasteiger partial charge in [0.25, 0.3) is 0 Å². The topological polar surface area (TPSA) is 67.4 Å². The summed E-state index contributed by atoms with van der Waals surface area (Å²) in [7, 11) is 0. The molecule has 0 saturated carbocycles. The molecule has 0 heterocycles. The van der Waals surface area contributed by atoms with Crippen LogP contribution in [0.5, 0.6) is 5.75 Å². The minimum Gasteiger partial charge on any atom is -0.494 e. The van der Waals surface area contributed by atoms with Gasteiger partial charge in [-0.3, -0.25) is 9.59 Å². The maximum atomic E-state index is 11.9. The first-order valence-corrected chi connectivity index (χ1v) is 8.88. The Morgan fingerprint density at radius 1 is 1.04 bits per heavy atom. The zero-order valence-corrected chi connectivity index (χ0v) is 15.1. The number of rotatable bonds is 10. The first kappa shape index (κ1) is 20.0. The van der Waals surface area contributed by atoms with E-state index in [1.165, 1.54) is 0 Å². The Kier molecular flexibility index (Phi) is 9.58. The third-order valence-corrected chi connectivity index (χ3v) is 3.99. The van der Waals surface area contributed by atoms with E-state index in [-0.39, 0.29) is 0 Å². The van der Waals surface area contributed by atoms with Gasteiger partial charge in [-0.25, -0.2) is 0 Å². The van der Waals surface area contributed by atoms with E-state index in [1.807, 2.05) is 31.2 Å². The van der Waals surface area contributed by atoms with Crippen molar-refractivity contribution in [3.8, 4) is 5.75 Å². The number of nitrogens with one attached hydrogen (secondary N) is 2. The molecule has 5 nitrogen and oxygen atoms in total. The minimum absolute atomic E-state index is 0.325. The van der Waals surface area contributed by atoms with E-state index in [0.717, 1.165) is 37.0 Å². The van der Waals surface area contributed by atoms with Crippen molar-refractivity contribution < 1.29 is 14.3 Å². The number of amides is 2. The minimum atomic E-state index is -0.589. The number of hydrogen-bond acceptors (Lipinski definition) is 3. The van der Waals surface area contributed by atoms with Crippen molar-refractivity contribution >= 4 is 11.8 Å². The van der Waals surface area contributed by atoms with E-state index in [2.05, 4.69) is 24.5 Å². The van der Waals surface area contributed by atoms with Gasteiger partial charge in [0.05, 0.1) is 6.61 Å². The summed E-state index contributed by atoms with van der Waals surface area (Å²) in [5.74, 6) is 0.0842. The van der Waals surface area contributed by atoms with Crippen molar-refractivity contribution in [3.05, 3.63) is 29.8 Å². The molecule has 0 saturated heterocycles. The second kappa shape index (κ2) is 11.5. The maximum Gasteiger partial charge on any atom is 0.309 e. The number of carbonyl (C=O) groups excluding carboxylic acids is 2. The van der Waals surface area contributed by atoms with Crippen LogP contribution in [0.15, 0.2) is 24.3 Å². The fourth-order valence-electron chi connectivity index (χ4n) is 2.39. The molecule has 134 valence electrons. The molecular weight excluding hydrogens is 304 g/mol. The summed E-state index contributed by atoms with van der Waals surface area (Å²) in [4.78, 5) is 23.7. The van der Waals surface area contributed by atoms with Gasteiger partial charge in [-0.1, -0.05) is 45.2 Å². The van der Waals surface area contributed by atoms with Crippen LogP contribution in [-0.2, 0) is 16.1 Å². The van der Waals surface area contributed by atoms with Crippen LogP contribution in [0, 0.1) is 5.92 Å². The van der Waals surface area contributed by atoms with Gasteiger partial charge in [-0.2, -0.15) is 0 Å². The van der Waals surface area contributed by atoms with Crippen molar-refractivity contribution in [1.29, 1.82) is 0 Å². The average Bonchev–Trinajstić information content (AvgIpc) is 2.61. The van der Waals surface area contributed by atoms with Crippen LogP contribution in [0.3, 0.4) is 0 Å². The Labute approximate surface area is 145 Å². The normalized spacial score (nSPS) is 11.6. The van der Waals surface area contributed by atoms with Crippen LogP contribution < -0.4 is 15.4 Å². The van der Waals surface area contributed by atoms with Crippen LogP contribution in [0.2, 0.25) is 0 Å².